The number of amides is 1. The van der Waals surface area contributed by atoms with E-state index in [0.717, 1.165) is 28.2 Å². The highest BCUT2D eigenvalue weighted by Crippen LogP contribution is 2.29. The third kappa shape index (κ3) is 3.78. The summed E-state index contributed by atoms with van der Waals surface area (Å²) in [5.41, 5.74) is 0.519. The van der Waals surface area contributed by atoms with E-state index in [0.29, 0.717) is 29.4 Å². The van der Waals surface area contributed by atoms with Crippen LogP contribution in [-0.2, 0) is 0 Å². The van der Waals surface area contributed by atoms with Crippen molar-refractivity contribution in [3.63, 3.8) is 0 Å². The highest BCUT2D eigenvalue weighted by Gasteiger charge is 2.24. The van der Waals surface area contributed by atoms with E-state index in [1.54, 1.807) is 30.6 Å². The summed E-state index contributed by atoms with van der Waals surface area (Å²) in [6.45, 7) is 3.06. The van der Waals surface area contributed by atoms with Crippen molar-refractivity contribution < 1.29 is 9.53 Å². The number of aromatic nitrogens is 1. The van der Waals surface area contributed by atoms with Crippen LogP contribution in [-0.4, -0.2) is 49.1 Å². The van der Waals surface area contributed by atoms with Gasteiger partial charge in [0.15, 0.2) is 5.13 Å². The number of nitrogens with zero attached hydrogens (tertiary/aromatic N) is 3. The average molecular weight is 478 g/mol. The molecule has 0 saturated carbocycles. The molecule has 1 aliphatic rings. The Bertz CT molecular complexity index is 726. The number of halogens is 2. The lowest BCUT2D eigenvalue weighted by Gasteiger charge is -2.22. The van der Waals surface area contributed by atoms with Crippen LogP contribution >= 0.6 is 45.5 Å². The van der Waals surface area contributed by atoms with Crippen molar-refractivity contribution in [1.82, 2.24) is 9.88 Å². The second-order valence-electron chi connectivity index (χ2n) is 5.41. The molecule has 1 aromatic heterocycles. The van der Waals surface area contributed by atoms with Crippen molar-refractivity contribution in [2.24, 2.45) is 0 Å². The van der Waals surface area contributed by atoms with Gasteiger partial charge in [0.1, 0.15) is 5.75 Å². The number of rotatable bonds is 3. The van der Waals surface area contributed by atoms with Crippen molar-refractivity contribution in [3.8, 4) is 5.75 Å². The number of ether oxygens (including phenoxy) is 1. The van der Waals surface area contributed by atoms with E-state index in [2.05, 4.69) is 32.5 Å². The van der Waals surface area contributed by atoms with Crippen LogP contribution in [0.15, 0.2) is 23.7 Å². The Hall–Kier alpha value is -1.06. The van der Waals surface area contributed by atoms with Gasteiger partial charge < -0.3 is 14.5 Å². The first-order valence-corrected chi connectivity index (χ1v) is 9.90. The number of thiazole rings is 1. The van der Waals surface area contributed by atoms with Crippen LogP contribution in [0, 0.1) is 3.57 Å². The first kappa shape index (κ1) is 17.8. The van der Waals surface area contributed by atoms with Gasteiger partial charge in [-0.3, -0.25) is 4.79 Å². The first-order valence-electron chi connectivity index (χ1n) is 7.57. The number of carbonyl (C=O) groups excluding carboxylic acids is 1. The van der Waals surface area contributed by atoms with Gasteiger partial charge in [-0.05, 0) is 41.1 Å². The van der Waals surface area contributed by atoms with E-state index in [1.807, 2.05) is 16.5 Å². The van der Waals surface area contributed by atoms with Crippen molar-refractivity contribution >= 4 is 56.6 Å². The topological polar surface area (TPSA) is 45.7 Å². The molecule has 24 heavy (non-hydrogen) atoms. The molecule has 1 amide bonds. The van der Waals surface area contributed by atoms with Gasteiger partial charge in [0, 0.05) is 41.3 Å². The lowest BCUT2D eigenvalue weighted by Crippen LogP contribution is -2.35. The summed E-state index contributed by atoms with van der Waals surface area (Å²) in [5, 5.41) is 3.56. The fourth-order valence-electron chi connectivity index (χ4n) is 2.72. The van der Waals surface area contributed by atoms with Crippen molar-refractivity contribution in [1.29, 1.82) is 0 Å². The van der Waals surface area contributed by atoms with Crippen LogP contribution in [0.3, 0.4) is 0 Å². The summed E-state index contributed by atoms with van der Waals surface area (Å²) in [5.74, 6) is 0.529. The zero-order chi connectivity index (χ0) is 17.1. The van der Waals surface area contributed by atoms with Crippen LogP contribution in [0.25, 0.3) is 0 Å². The summed E-state index contributed by atoms with van der Waals surface area (Å²) in [6.07, 6.45) is 2.72. The second-order valence-corrected chi connectivity index (χ2v) is 7.86. The van der Waals surface area contributed by atoms with E-state index in [-0.39, 0.29) is 5.91 Å². The molecule has 0 unspecified atom stereocenters. The quantitative estimate of drug-likeness (QED) is 0.632. The summed E-state index contributed by atoms with van der Waals surface area (Å²) in [7, 11) is 1.57. The lowest BCUT2D eigenvalue weighted by atomic mass is 10.1. The fourth-order valence-corrected chi connectivity index (χ4v) is 4.02. The summed E-state index contributed by atoms with van der Waals surface area (Å²) >= 11 is 9.96. The largest absolute Gasteiger partial charge is 0.496 e. The predicted molar refractivity (Wildman–Crippen MR) is 106 cm³/mol. The molecule has 0 aliphatic carbocycles. The Labute approximate surface area is 163 Å². The van der Waals surface area contributed by atoms with Crippen LogP contribution in [0.1, 0.15) is 16.8 Å². The Kier molecular flexibility index (Phi) is 5.83. The van der Waals surface area contributed by atoms with Gasteiger partial charge in [0.25, 0.3) is 5.91 Å². The average Bonchev–Trinajstić information content (AvgIpc) is 3.01. The third-order valence-electron chi connectivity index (χ3n) is 3.95. The molecule has 3 rings (SSSR count). The van der Waals surface area contributed by atoms with Crippen molar-refractivity contribution in [3.05, 3.63) is 37.9 Å². The van der Waals surface area contributed by atoms with Gasteiger partial charge in [0.05, 0.1) is 17.7 Å². The van der Waals surface area contributed by atoms with Gasteiger partial charge in [-0.15, -0.1) is 11.3 Å². The monoisotopic (exact) mass is 477 g/mol. The number of hydrogen-bond acceptors (Lipinski definition) is 5. The molecule has 0 spiro atoms. The summed E-state index contributed by atoms with van der Waals surface area (Å²) < 4.78 is 6.24. The molecule has 0 bridgehead atoms. The first-order chi connectivity index (χ1) is 11.6. The molecule has 1 fully saturated rings. The van der Waals surface area contributed by atoms with E-state index in [9.17, 15) is 4.79 Å². The molecule has 1 saturated heterocycles. The van der Waals surface area contributed by atoms with Gasteiger partial charge in [-0.1, -0.05) is 11.6 Å². The minimum atomic E-state index is -0.0360. The maximum atomic E-state index is 12.9. The second kappa shape index (κ2) is 7.88. The zero-order valence-electron chi connectivity index (χ0n) is 13.2. The smallest absolute Gasteiger partial charge is 0.257 e. The molecule has 1 aromatic carbocycles. The van der Waals surface area contributed by atoms with E-state index >= 15 is 0 Å². The number of carbonyl (C=O) groups is 1. The minimum Gasteiger partial charge on any atom is -0.496 e. The highest BCUT2D eigenvalue weighted by molar-refractivity contribution is 14.1. The van der Waals surface area contributed by atoms with Gasteiger partial charge >= 0.3 is 0 Å². The van der Waals surface area contributed by atoms with Crippen LogP contribution in [0.5, 0.6) is 5.75 Å². The van der Waals surface area contributed by atoms with Gasteiger partial charge in [-0.25, -0.2) is 4.98 Å². The molecule has 0 N–H and O–H groups in total. The zero-order valence-corrected chi connectivity index (χ0v) is 16.9. The Balaban J connectivity index is 1.77. The molecule has 0 radical (unpaired) electrons. The molecule has 2 aromatic rings. The van der Waals surface area contributed by atoms with Crippen molar-refractivity contribution in [2.45, 2.75) is 6.42 Å². The van der Waals surface area contributed by atoms with Crippen molar-refractivity contribution in [2.75, 3.05) is 38.2 Å². The molecule has 0 atom stereocenters. The van der Waals surface area contributed by atoms with E-state index in [1.165, 1.54) is 0 Å². The van der Waals surface area contributed by atoms with E-state index in [4.69, 9.17) is 16.3 Å². The number of anilines is 1. The normalized spacial score (nSPS) is 15.3. The Morgan fingerprint density at radius 2 is 2.17 bits per heavy atom. The van der Waals surface area contributed by atoms with Crippen LogP contribution < -0.4 is 9.64 Å². The molecule has 2 heterocycles. The SMILES string of the molecule is COc1cc(I)c(Cl)cc1C(=O)N1CCCN(c2nccs2)CC1. The molecule has 8 heteroatoms. The van der Waals surface area contributed by atoms with Crippen LogP contribution in [0.4, 0.5) is 5.13 Å². The van der Waals surface area contributed by atoms with Gasteiger partial charge in [0.2, 0.25) is 0 Å². The minimum absolute atomic E-state index is 0.0360. The third-order valence-corrected chi connectivity index (χ3v) is 6.30. The number of methoxy groups -OCH3 is 1. The highest BCUT2D eigenvalue weighted by atomic mass is 127. The summed E-state index contributed by atoms with van der Waals surface area (Å²) in [4.78, 5) is 21.4. The number of hydrogen-bond donors (Lipinski definition) is 0. The standard InChI is InChI=1S/C16H17ClIN3O2S/c1-23-14-10-13(18)12(17)9-11(14)15(22)20-4-2-5-21(7-6-20)16-19-3-8-24-16/h3,8-10H,2,4-7H2,1H3. The molecule has 128 valence electrons. The molecule has 5 nitrogen and oxygen atoms in total. The maximum absolute atomic E-state index is 12.9. The summed E-state index contributed by atoms with van der Waals surface area (Å²) in [6, 6.07) is 3.50. The van der Waals surface area contributed by atoms with Gasteiger partial charge in [-0.2, -0.15) is 0 Å². The molecular formula is C16H17ClIN3O2S. The Morgan fingerprint density at radius 1 is 1.33 bits per heavy atom. The number of benzene rings is 1. The molecule has 1 aliphatic heterocycles. The maximum Gasteiger partial charge on any atom is 0.257 e. The molecular weight excluding hydrogens is 461 g/mol. The predicted octanol–water partition coefficient (Wildman–Crippen LogP) is 3.76. The Morgan fingerprint density at radius 3 is 2.88 bits per heavy atom. The van der Waals surface area contributed by atoms with E-state index < -0.39 is 0 Å². The van der Waals surface area contributed by atoms with Crippen LogP contribution in [0.2, 0.25) is 5.02 Å². The lowest BCUT2D eigenvalue weighted by molar-refractivity contribution is 0.0763. The fraction of sp³-hybridized carbons (Fsp3) is 0.375.